The molecule has 1 fully saturated rings. The minimum Gasteiger partial charge on any atom is -0.337 e. The van der Waals surface area contributed by atoms with Crippen molar-refractivity contribution in [2.75, 3.05) is 13.1 Å². The molecule has 1 saturated heterocycles. The van der Waals surface area contributed by atoms with Crippen LogP contribution in [0.25, 0.3) is 5.69 Å². The predicted octanol–water partition coefficient (Wildman–Crippen LogP) is 2.69. The molecule has 2 aromatic heterocycles. The van der Waals surface area contributed by atoms with Crippen molar-refractivity contribution in [1.29, 1.82) is 0 Å². The Hall–Kier alpha value is -2.96. The van der Waals surface area contributed by atoms with E-state index >= 15 is 0 Å². The van der Waals surface area contributed by atoms with Gasteiger partial charge in [0, 0.05) is 43.4 Å². The Morgan fingerprint density at radius 2 is 2.16 bits per heavy atom. The average molecular weight is 339 g/mol. The highest BCUT2D eigenvalue weighted by molar-refractivity contribution is 5.94. The highest BCUT2D eigenvalue weighted by Gasteiger charge is 2.25. The molecule has 4 rings (SSSR count). The number of likely N-dealkylation sites (tertiary alicyclic amines) is 1. The lowest BCUT2D eigenvalue weighted by atomic mass is 10.0. The highest BCUT2D eigenvalue weighted by atomic mass is 19.1. The molecule has 25 heavy (non-hydrogen) atoms. The summed E-state index contributed by atoms with van der Waals surface area (Å²) in [4.78, 5) is 18.6. The molecule has 0 spiro atoms. The van der Waals surface area contributed by atoms with E-state index in [0.717, 1.165) is 12.8 Å². The molecule has 3 aromatic rings. The van der Waals surface area contributed by atoms with Crippen LogP contribution < -0.4 is 0 Å². The molecule has 1 aliphatic rings. The maximum absolute atomic E-state index is 14.4. The fourth-order valence-electron chi connectivity index (χ4n) is 3.29. The van der Waals surface area contributed by atoms with Crippen molar-refractivity contribution < 1.29 is 9.18 Å². The number of hydrogen-bond acceptors (Lipinski definition) is 3. The van der Waals surface area contributed by atoms with E-state index in [1.54, 1.807) is 48.0 Å². The van der Waals surface area contributed by atoms with Gasteiger partial charge >= 0.3 is 0 Å². The third kappa shape index (κ3) is 3.05. The van der Waals surface area contributed by atoms with Gasteiger partial charge in [-0.3, -0.25) is 4.79 Å². The van der Waals surface area contributed by atoms with Crippen molar-refractivity contribution in [2.24, 2.45) is 0 Å². The van der Waals surface area contributed by atoms with Crippen molar-refractivity contribution in [3.05, 3.63) is 66.8 Å². The molecule has 0 N–H and O–H groups in total. The largest absolute Gasteiger partial charge is 0.337 e. The Labute approximate surface area is 144 Å². The Bertz CT molecular complexity index is 860. The normalized spacial score (nSPS) is 17.6. The van der Waals surface area contributed by atoms with E-state index in [1.807, 2.05) is 10.8 Å². The second-order valence-electron chi connectivity index (χ2n) is 6.17. The van der Waals surface area contributed by atoms with Crippen LogP contribution in [0.5, 0.6) is 0 Å². The summed E-state index contributed by atoms with van der Waals surface area (Å²) >= 11 is 0. The number of aromatic nitrogens is 4. The lowest BCUT2D eigenvalue weighted by Gasteiger charge is -2.33. The molecule has 0 bridgehead atoms. The Morgan fingerprint density at radius 3 is 2.88 bits per heavy atom. The minimum absolute atomic E-state index is 0.143. The summed E-state index contributed by atoms with van der Waals surface area (Å²) in [5.41, 5.74) is 0.691. The summed E-state index contributed by atoms with van der Waals surface area (Å²) in [6.07, 6.45) is 10.6. The van der Waals surface area contributed by atoms with Gasteiger partial charge in [-0.25, -0.2) is 14.1 Å². The fourth-order valence-corrected chi connectivity index (χ4v) is 3.29. The van der Waals surface area contributed by atoms with Gasteiger partial charge < -0.3 is 9.47 Å². The number of nitrogens with zero attached hydrogens (tertiary/aromatic N) is 5. The quantitative estimate of drug-likeness (QED) is 0.737. The first kappa shape index (κ1) is 15.6. The van der Waals surface area contributed by atoms with Crippen LogP contribution in [0.2, 0.25) is 0 Å². The summed E-state index contributed by atoms with van der Waals surface area (Å²) < 4.78 is 17.9. The van der Waals surface area contributed by atoms with Crippen LogP contribution in [0.3, 0.4) is 0 Å². The van der Waals surface area contributed by atoms with Gasteiger partial charge in [-0.15, -0.1) is 0 Å². The third-order valence-corrected chi connectivity index (χ3v) is 4.58. The van der Waals surface area contributed by atoms with E-state index in [-0.39, 0.29) is 11.9 Å². The van der Waals surface area contributed by atoms with Gasteiger partial charge in [0.05, 0.1) is 12.4 Å². The van der Waals surface area contributed by atoms with Crippen LogP contribution in [-0.2, 0) is 0 Å². The van der Waals surface area contributed by atoms with Crippen molar-refractivity contribution >= 4 is 5.91 Å². The van der Waals surface area contributed by atoms with Crippen LogP contribution in [0.15, 0.2) is 55.4 Å². The van der Waals surface area contributed by atoms with E-state index in [9.17, 15) is 9.18 Å². The summed E-state index contributed by atoms with van der Waals surface area (Å²) in [5, 5.41) is 4.02. The minimum atomic E-state index is -0.460. The summed E-state index contributed by atoms with van der Waals surface area (Å²) in [5.74, 6) is -0.603. The van der Waals surface area contributed by atoms with Crippen molar-refractivity contribution in [3.8, 4) is 5.69 Å². The number of amides is 1. The van der Waals surface area contributed by atoms with Crippen LogP contribution >= 0.6 is 0 Å². The molecular weight excluding hydrogens is 321 g/mol. The molecule has 3 heterocycles. The number of halogens is 1. The maximum Gasteiger partial charge on any atom is 0.254 e. The van der Waals surface area contributed by atoms with Crippen LogP contribution in [0, 0.1) is 5.82 Å². The molecule has 1 aliphatic heterocycles. The second-order valence-corrected chi connectivity index (χ2v) is 6.17. The number of hydrogen-bond donors (Lipinski definition) is 0. The molecule has 1 aromatic carbocycles. The lowest BCUT2D eigenvalue weighted by Crippen LogP contribution is -2.40. The highest BCUT2D eigenvalue weighted by Crippen LogP contribution is 2.23. The third-order valence-electron chi connectivity index (χ3n) is 4.58. The fraction of sp³-hybridized carbons (Fsp3) is 0.278. The molecule has 7 heteroatoms. The van der Waals surface area contributed by atoms with Gasteiger partial charge in [0.2, 0.25) is 0 Å². The van der Waals surface area contributed by atoms with Crippen LogP contribution in [0.4, 0.5) is 4.39 Å². The van der Waals surface area contributed by atoms with Crippen molar-refractivity contribution in [3.63, 3.8) is 0 Å². The van der Waals surface area contributed by atoms with Gasteiger partial charge in [0.15, 0.2) is 0 Å². The van der Waals surface area contributed by atoms with Gasteiger partial charge in [-0.1, -0.05) is 0 Å². The number of rotatable bonds is 3. The number of imidazole rings is 1. The number of benzene rings is 1. The molecule has 0 unspecified atom stereocenters. The van der Waals surface area contributed by atoms with Gasteiger partial charge in [-0.05, 0) is 37.1 Å². The molecule has 128 valence electrons. The molecule has 0 saturated carbocycles. The van der Waals surface area contributed by atoms with E-state index < -0.39 is 5.82 Å². The van der Waals surface area contributed by atoms with Gasteiger partial charge in [-0.2, -0.15) is 5.10 Å². The summed E-state index contributed by atoms with van der Waals surface area (Å²) in [7, 11) is 0. The topological polar surface area (TPSA) is 56.0 Å². The smallest absolute Gasteiger partial charge is 0.254 e. The molecule has 6 nitrogen and oxygen atoms in total. The average Bonchev–Trinajstić information content (AvgIpc) is 3.35. The zero-order valence-electron chi connectivity index (χ0n) is 13.6. The Morgan fingerprint density at radius 1 is 1.24 bits per heavy atom. The number of piperidine rings is 1. The van der Waals surface area contributed by atoms with E-state index in [1.165, 1.54) is 10.7 Å². The van der Waals surface area contributed by atoms with Crippen LogP contribution in [-0.4, -0.2) is 43.2 Å². The van der Waals surface area contributed by atoms with E-state index in [4.69, 9.17) is 0 Å². The molecule has 1 atom stereocenters. The monoisotopic (exact) mass is 339 g/mol. The van der Waals surface area contributed by atoms with Crippen molar-refractivity contribution in [2.45, 2.75) is 18.9 Å². The number of carbonyl (C=O) groups is 1. The SMILES string of the molecule is O=C(c1ccc(-n2cccn2)c(F)c1)N1CCC[C@H](n2ccnc2)C1. The number of carbonyl (C=O) groups excluding carboxylic acids is 1. The van der Waals surface area contributed by atoms with Gasteiger partial charge in [0.1, 0.15) is 11.5 Å². The zero-order chi connectivity index (χ0) is 17.2. The summed E-state index contributed by atoms with van der Waals surface area (Å²) in [6.45, 7) is 1.30. The Balaban J connectivity index is 1.53. The standard InChI is InChI=1S/C18H18FN5O/c19-16-11-14(4-5-17(16)24-9-2-6-21-24)18(25)22-8-1-3-15(12-22)23-10-7-20-13-23/h2,4-7,9-11,13,15H,1,3,8,12H2/t15-/m0/s1. The van der Waals surface area contributed by atoms with Crippen LogP contribution in [0.1, 0.15) is 29.2 Å². The molecular formula is C18H18FN5O. The van der Waals surface area contributed by atoms with E-state index in [0.29, 0.717) is 24.3 Å². The van der Waals surface area contributed by atoms with Crippen molar-refractivity contribution in [1.82, 2.24) is 24.2 Å². The van der Waals surface area contributed by atoms with E-state index in [2.05, 4.69) is 10.1 Å². The first-order valence-corrected chi connectivity index (χ1v) is 8.28. The maximum atomic E-state index is 14.4. The Kier molecular flexibility index (Phi) is 4.05. The molecule has 0 radical (unpaired) electrons. The first-order chi connectivity index (χ1) is 12.2. The summed E-state index contributed by atoms with van der Waals surface area (Å²) in [6, 6.07) is 6.48. The molecule has 1 amide bonds. The second kappa shape index (κ2) is 6.51. The lowest BCUT2D eigenvalue weighted by molar-refractivity contribution is 0.0679. The first-order valence-electron chi connectivity index (χ1n) is 8.28. The zero-order valence-corrected chi connectivity index (χ0v) is 13.6. The molecule has 0 aliphatic carbocycles. The van der Waals surface area contributed by atoms with Gasteiger partial charge in [0.25, 0.3) is 5.91 Å². The predicted molar refractivity (Wildman–Crippen MR) is 89.9 cm³/mol.